The highest BCUT2D eigenvalue weighted by Gasteiger charge is 2.12. The largest absolute Gasteiger partial charge is 0.378 e. The van der Waals surface area contributed by atoms with Crippen molar-refractivity contribution in [3.8, 4) is 0 Å². The van der Waals surface area contributed by atoms with Gasteiger partial charge in [-0.3, -0.25) is 4.79 Å². The number of nitrogens with zero attached hydrogens (tertiary/aromatic N) is 1. The molecule has 2 rings (SSSR count). The summed E-state index contributed by atoms with van der Waals surface area (Å²) in [5, 5.41) is 3.11. The maximum Gasteiger partial charge on any atom is 0.223 e. The Bertz CT molecular complexity index is 671. The van der Waals surface area contributed by atoms with Crippen LogP contribution < -0.4 is 10.2 Å². The Morgan fingerprint density at radius 2 is 1.77 bits per heavy atom. The predicted molar refractivity (Wildman–Crippen MR) is 83.9 cm³/mol. The summed E-state index contributed by atoms with van der Waals surface area (Å²) in [4.78, 5) is 12.8. The van der Waals surface area contributed by atoms with Gasteiger partial charge < -0.3 is 10.2 Å². The van der Waals surface area contributed by atoms with Crippen molar-refractivity contribution in [1.29, 1.82) is 0 Å². The van der Waals surface area contributed by atoms with Crippen LogP contribution in [-0.2, 0) is 4.79 Å². The second-order valence-corrected chi connectivity index (χ2v) is 5.16. The maximum atomic E-state index is 13.7. The summed E-state index contributed by atoms with van der Waals surface area (Å²) >= 11 is 0. The number of amides is 1. The molecular weight excluding hydrogens is 286 g/mol. The lowest BCUT2D eigenvalue weighted by atomic mass is 10.1. The normalized spacial score (nSPS) is 11.9. The van der Waals surface area contributed by atoms with Crippen molar-refractivity contribution in [2.24, 2.45) is 0 Å². The van der Waals surface area contributed by atoms with Gasteiger partial charge in [0.05, 0.1) is 6.04 Å². The van der Waals surface area contributed by atoms with Crippen molar-refractivity contribution in [1.82, 2.24) is 0 Å². The highest BCUT2D eigenvalue weighted by molar-refractivity contribution is 5.91. The average molecular weight is 304 g/mol. The summed E-state index contributed by atoms with van der Waals surface area (Å²) in [6.07, 6.45) is 0. The van der Waals surface area contributed by atoms with Gasteiger partial charge in [0.25, 0.3) is 0 Å². The van der Waals surface area contributed by atoms with Crippen molar-refractivity contribution in [3.63, 3.8) is 0 Å². The first-order valence-electron chi connectivity index (χ1n) is 6.94. The molecule has 1 unspecified atom stereocenters. The Labute approximate surface area is 128 Å². The number of carbonyl (C=O) groups is 1. The average Bonchev–Trinajstić information content (AvgIpc) is 2.49. The van der Waals surface area contributed by atoms with Crippen LogP contribution in [0.25, 0.3) is 0 Å². The Hall–Kier alpha value is -2.43. The summed E-state index contributed by atoms with van der Waals surface area (Å²) in [5.74, 6) is -0.978. The number of carbonyl (C=O) groups excluding carboxylic acids is 1. The quantitative estimate of drug-likeness (QED) is 0.921. The Kier molecular flexibility index (Phi) is 4.75. The van der Waals surface area contributed by atoms with Gasteiger partial charge in [0, 0.05) is 30.9 Å². The third-order valence-corrected chi connectivity index (χ3v) is 3.53. The van der Waals surface area contributed by atoms with Gasteiger partial charge in [-0.25, -0.2) is 8.78 Å². The fraction of sp³-hybridized carbons (Fsp3) is 0.235. The van der Waals surface area contributed by atoms with Crippen LogP contribution in [0.3, 0.4) is 0 Å². The van der Waals surface area contributed by atoms with Crippen molar-refractivity contribution < 1.29 is 13.6 Å². The van der Waals surface area contributed by atoms with E-state index in [-0.39, 0.29) is 17.5 Å². The first kappa shape index (κ1) is 15.9. The molecule has 0 radical (unpaired) electrons. The minimum atomic E-state index is -0.469. The molecule has 0 aliphatic heterocycles. The number of anilines is 2. The molecule has 0 spiro atoms. The number of halogens is 2. The molecule has 0 heterocycles. The third-order valence-electron chi connectivity index (χ3n) is 3.53. The smallest absolute Gasteiger partial charge is 0.223 e. The molecule has 22 heavy (non-hydrogen) atoms. The molecule has 3 nitrogen and oxygen atoms in total. The van der Waals surface area contributed by atoms with Crippen LogP contribution in [0, 0.1) is 11.6 Å². The molecule has 1 amide bonds. The lowest BCUT2D eigenvalue weighted by Crippen LogP contribution is -2.22. The molecule has 0 aliphatic carbocycles. The van der Waals surface area contributed by atoms with E-state index in [9.17, 15) is 13.6 Å². The lowest BCUT2D eigenvalue weighted by molar-refractivity contribution is -0.116. The van der Waals surface area contributed by atoms with Gasteiger partial charge >= 0.3 is 0 Å². The van der Waals surface area contributed by atoms with E-state index in [0.29, 0.717) is 0 Å². The Balaban J connectivity index is 2.13. The Morgan fingerprint density at radius 1 is 1.14 bits per heavy atom. The van der Waals surface area contributed by atoms with E-state index < -0.39 is 11.6 Å². The van der Waals surface area contributed by atoms with Gasteiger partial charge in [0.15, 0.2) is 0 Å². The highest BCUT2D eigenvalue weighted by atomic mass is 19.1. The second-order valence-electron chi connectivity index (χ2n) is 5.16. The van der Waals surface area contributed by atoms with E-state index in [1.807, 2.05) is 0 Å². The SMILES string of the molecule is CC(=O)N(C)c1ccc(NC(C)c2cc(F)ccc2F)cc1. The molecule has 1 atom stereocenters. The molecule has 0 aliphatic rings. The van der Waals surface area contributed by atoms with E-state index in [1.165, 1.54) is 17.9 Å². The zero-order valence-electron chi connectivity index (χ0n) is 12.7. The number of hydrogen-bond acceptors (Lipinski definition) is 2. The summed E-state index contributed by atoms with van der Waals surface area (Å²) in [6.45, 7) is 3.24. The minimum absolute atomic E-state index is 0.0593. The van der Waals surface area contributed by atoms with Crippen molar-refractivity contribution in [3.05, 3.63) is 59.7 Å². The summed E-state index contributed by atoms with van der Waals surface area (Å²) in [5.41, 5.74) is 1.80. The number of benzene rings is 2. The van der Waals surface area contributed by atoms with Crippen molar-refractivity contribution in [2.75, 3.05) is 17.3 Å². The summed E-state index contributed by atoms with van der Waals surface area (Å²) in [7, 11) is 1.69. The van der Waals surface area contributed by atoms with Crippen LogP contribution >= 0.6 is 0 Å². The van der Waals surface area contributed by atoms with Gasteiger partial charge in [-0.05, 0) is 49.4 Å². The van der Waals surface area contributed by atoms with Crippen LogP contribution in [0.4, 0.5) is 20.2 Å². The van der Waals surface area contributed by atoms with Crippen molar-refractivity contribution in [2.45, 2.75) is 19.9 Å². The summed E-state index contributed by atoms with van der Waals surface area (Å²) in [6, 6.07) is 10.2. The molecule has 5 heteroatoms. The topological polar surface area (TPSA) is 32.3 Å². The van der Waals surface area contributed by atoms with Gasteiger partial charge in [-0.1, -0.05) is 0 Å². The van der Waals surface area contributed by atoms with Gasteiger partial charge in [-0.15, -0.1) is 0 Å². The first-order valence-corrected chi connectivity index (χ1v) is 6.94. The van der Waals surface area contributed by atoms with E-state index in [1.54, 1.807) is 38.2 Å². The van der Waals surface area contributed by atoms with Gasteiger partial charge in [0.1, 0.15) is 11.6 Å². The standard InChI is InChI=1S/C17H18F2N2O/c1-11(16-10-13(18)4-9-17(16)19)20-14-5-7-15(8-6-14)21(3)12(2)22/h4-11,20H,1-3H3. The lowest BCUT2D eigenvalue weighted by Gasteiger charge is -2.18. The maximum absolute atomic E-state index is 13.7. The summed E-state index contributed by atoms with van der Waals surface area (Å²) < 4.78 is 27.0. The molecular formula is C17H18F2N2O. The fourth-order valence-corrected chi connectivity index (χ4v) is 2.14. The monoisotopic (exact) mass is 304 g/mol. The van der Waals surface area contributed by atoms with Gasteiger partial charge in [0.2, 0.25) is 5.91 Å². The molecule has 2 aromatic rings. The molecule has 0 saturated carbocycles. The molecule has 0 fully saturated rings. The Morgan fingerprint density at radius 3 is 2.36 bits per heavy atom. The van der Waals surface area contributed by atoms with E-state index in [2.05, 4.69) is 5.32 Å². The number of nitrogens with one attached hydrogen (secondary N) is 1. The number of hydrogen-bond donors (Lipinski definition) is 1. The second kappa shape index (κ2) is 6.56. The van der Waals surface area contributed by atoms with Crippen LogP contribution in [0.1, 0.15) is 25.5 Å². The molecule has 0 saturated heterocycles. The van der Waals surface area contributed by atoms with Crippen molar-refractivity contribution >= 4 is 17.3 Å². The van der Waals surface area contributed by atoms with E-state index in [4.69, 9.17) is 0 Å². The van der Waals surface area contributed by atoms with Crippen LogP contribution in [-0.4, -0.2) is 13.0 Å². The molecule has 0 bridgehead atoms. The minimum Gasteiger partial charge on any atom is -0.378 e. The van der Waals surface area contributed by atoms with Crippen LogP contribution in [0.2, 0.25) is 0 Å². The molecule has 2 aromatic carbocycles. The van der Waals surface area contributed by atoms with E-state index >= 15 is 0 Å². The van der Waals surface area contributed by atoms with Crippen LogP contribution in [0.15, 0.2) is 42.5 Å². The third kappa shape index (κ3) is 3.61. The zero-order valence-corrected chi connectivity index (χ0v) is 12.7. The fourth-order valence-electron chi connectivity index (χ4n) is 2.14. The molecule has 1 N–H and O–H groups in total. The van der Waals surface area contributed by atoms with Gasteiger partial charge in [-0.2, -0.15) is 0 Å². The number of rotatable bonds is 4. The van der Waals surface area contributed by atoms with Crippen LogP contribution in [0.5, 0.6) is 0 Å². The van der Waals surface area contributed by atoms with E-state index in [0.717, 1.165) is 23.5 Å². The predicted octanol–water partition coefficient (Wildman–Crippen LogP) is 4.12. The highest BCUT2D eigenvalue weighted by Crippen LogP contribution is 2.24. The zero-order chi connectivity index (χ0) is 16.3. The first-order chi connectivity index (χ1) is 10.4. The molecule has 0 aromatic heterocycles. The molecule has 116 valence electrons.